The zero-order chi connectivity index (χ0) is 10.4. The van der Waals surface area contributed by atoms with Gasteiger partial charge in [0.15, 0.2) is 0 Å². The molecule has 3 nitrogen and oxygen atoms in total. The number of ether oxygens (including phenoxy) is 1. The predicted molar refractivity (Wildman–Crippen MR) is 51.9 cm³/mol. The molecule has 0 N–H and O–H groups in total. The van der Waals surface area contributed by atoms with Crippen LogP contribution >= 0.6 is 0 Å². The molecule has 0 spiro atoms. The molecule has 0 aromatic heterocycles. The Morgan fingerprint density at radius 3 is 2.57 bits per heavy atom. The number of rotatable bonds is 4. The third-order valence-corrected chi connectivity index (χ3v) is 2.02. The van der Waals surface area contributed by atoms with Crippen molar-refractivity contribution < 1.29 is 14.3 Å². The fourth-order valence-corrected chi connectivity index (χ4v) is 1.29. The minimum absolute atomic E-state index is 0.163. The predicted octanol–water partition coefficient (Wildman–Crippen LogP) is 1.53. The molecule has 0 saturated heterocycles. The van der Waals surface area contributed by atoms with E-state index in [1.54, 1.807) is 0 Å². The van der Waals surface area contributed by atoms with Crippen molar-refractivity contribution in [2.24, 2.45) is 0 Å². The molecule has 0 unspecified atom stereocenters. The Hall–Kier alpha value is -1.64. The van der Waals surface area contributed by atoms with Gasteiger partial charge in [0.05, 0.1) is 13.0 Å². The van der Waals surface area contributed by atoms with Gasteiger partial charge in [-0.1, -0.05) is 30.3 Å². The van der Waals surface area contributed by atoms with E-state index >= 15 is 0 Å². The average Bonchev–Trinajstić information content (AvgIpc) is 2.26. The van der Waals surface area contributed by atoms with Crippen molar-refractivity contribution >= 4 is 12.3 Å². The fraction of sp³-hybridized carbons (Fsp3) is 0.273. The maximum absolute atomic E-state index is 11.3. The highest BCUT2D eigenvalue weighted by molar-refractivity contribution is 5.80. The summed E-state index contributed by atoms with van der Waals surface area (Å²) in [6.07, 6.45) is 0.894. The van der Waals surface area contributed by atoms with Crippen LogP contribution in [0.15, 0.2) is 30.3 Å². The Bertz CT molecular complexity index is 306. The lowest BCUT2D eigenvalue weighted by atomic mass is 9.97. The van der Waals surface area contributed by atoms with Crippen LogP contribution in [-0.4, -0.2) is 19.4 Å². The molecular weight excluding hydrogens is 180 g/mol. The molecule has 14 heavy (non-hydrogen) atoms. The first-order valence-electron chi connectivity index (χ1n) is 4.36. The highest BCUT2D eigenvalue weighted by Gasteiger charge is 2.20. The van der Waals surface area contributed by atoms with Gasteiger partial charge in [-0.2, -0.15) is 0 Å². The zero-order valence-electron chi connectivity index (χ0n) is 7.97. The molecule has 0 aliphatic rings. The summed E-state index contributed by atoms with van der Waals surface area (Å²) in [4.78, 5) is 21.7. The largest absolute Gasteiger partial charge is 0.469 e. The van der Waals surface area contributed by atoms with E-state index in [-0.39, 0.29) is 12.4 Å². The van der Waals surface area contributed by atoms with Gasteiger partial charge in [0.25, 0.3) is 0 Å². The first kappa shape index (κ1) is 10.4. The summed E-state index contributed by atoms with van der Waals surface area (Å²) < 4.78 is 4.62. The van der Waals surface area contributed by atoms with Crippen molar-refractivity contribution in [1.29, 1.82) is 0 Å². The highest BCUT2D eigenvalue weighted by Crippen LogP contribution is 2.19. The van der Waals surface area contributed by atoms with Crippen molar-refractivity contribution in [2.45, 2.75) is 12.3 Å². The normalized spacial score (nSPS) is 11.8. The van der Waals surface area contributed by atoms with E-state index < -0.39 is 5.92 Å². The van der Waals surface area contributed by atoms with E-state index in [4.69, 9.17) is 0 Å². The van der Waals surface area contributed by atoms with Gasteiger partial charge in [-0.05, 0) is 5.56 Å². The molecular formula is C11H12O3. The minimum Gasteiger partial charge on any atom is -0.469 e. The summed E-state index contributed by atoms with van der Waals surface area (Å²) in [5, 5.41) is 0. The Kier molecular flexibility index (Phi) is 3.85. The van der Waals surface area contributed by atoms with Crippen molar-refractivity contribution in [3.63, 3.8) is 0 Å². The maximum atomic E-state index is 11.3. The van der Waals surface area contributed by atoms with Crippen molar-refractivity contribution in [3.05, 3.63) is 35.9 Å². The lowest BCUT2D eigenvalue weighted by Crippen LogP contribution is -2.14. The second-order valence-electron chi connectivity index (χ2n) is 2.89. The van der Waals surface area contributed by atoms with E-state index in [0.717, 1.165) is 11.8 Å². The standard InChI is InChI=1S/C11H12O3/c1-14-11(13)10(7-8-12)9-5-3-2-4-6-9/h2-6,8,10H,7H2,1H3/t10-/m0/s1. The molecule has 0 aliphatic heterocycles. The maximum Gasteiger partial charge on any atom is 0.313 e. The van der Waals surface area contributed by atoms with Crippen LogP contribution in [0.2, 0.25) is 0 Å². The molecule has 74 valence electrons. The lowest BCUT2D eigenvalue weighted by molar-refractivity contribution is -0.143. The summed E-state index contributed by atoms with van der Waals surface area (Å²) in [5.74, 6) is -0.845. The average molecular weight is 192 g/mol. The van der Waals surface area contributed by atoms with Gasteiger partial charge in [-0.15, -0.1) is 0 Å². The first-order valence-corrected chi connectivity index (χ1v) is 4.36. The second kappa shape index (κ2) is 5.17. The van der Waals surface area contributed by atoms with E-state index in [1.807, 2.05) is 30.3 Å². The van der Waals surface area contributed by atoms with Crippen molar-refractivity contribution in [2.75, 3.05) is 7.11 Å². The van der Waals surface area contributed by atoms with E-state index in [9.17, 15) is 9.59 Å². The SMILES string of the molecule is COC(=O)[C@@H](CC=O)c1ccccc1. The summed E-state index contributed by atoms with van der Waals surface area (Å²) in [5.41, 5.74) is 0.812. The van der Waals surface area contributed by atoms with Crippen LogP contribution in [0, 0.1) is 0 Å². The molecule has 1 aromatic carbocycles. The molecule has 3 heteroatoms. The Balaban J connectivity index is 2.88. The summed E-state index contributed by atoms with van der Waals surface area (Å²) >= 11 is 0. The van der Waals surface area contributed by atoms with Gasteiger partial charge in [0.1, 0.15) is 6.29 Å². The van der Waals surface area contributed by atoms with Crippen LogP contribution in [-0.2, 0) is 14.3 Å². The molecule has 1 atom stereocenters. The molecule has 1 aromatic rings. The number of aldehydes is 1. The Labute approximate surface area is 82.7 Å². The van der Waals surface area contributed by atoms with E-state index in [0.29, 0.717) is 0 Å². The van der Waals surface area contributed by atoms with Gasteiger partial charge in [-0.25, -0.2) is 0 Å². The monoisotopic (exact) mass is 192 g/mol. The lowest BCUT2D eigenvalue weighted by Gasteiger charge is -2.11. The summed E-state index contributed by atoms with van der Waals surface area (Å²) in [6, 6.07) is 9.14. The third kappa shape index (κ3) is 2.42. The number of benzene rings is 1. The fourth-order valence-electron chi connectivity index (χ4n) is 1.29. The van der Waals surface area contributed by atoms with Crippen LogP contribution in [0.1, 0.15) is 17.9 Å². The van der Waals surface area contributed by atoms with Gasteiger partial charge in [0, 0.05) is 6.42 Å². The van der Waals surface area contributed by atoms with Gasteiger partial charge >= 0.3 is 5.97 Å². The van der Waals surface area contributed by atoms with Crippen LogP contribution in [0.3, 0.4) is 0 Å². The van der Waals surface area contributed by atoms with Crippen LogP contribution in [0.5, 0.6) is 0 Å². The topological polar surface area (TPSA) is 43.4 Å². The Morgan fingerprint density at radius 2 is 2.07 bits per heavy atom. The van der Waals surface area contributed by atoms with Crippen molar-refractivity contribution in [1.82, 2.24) is 0 Å². The number of hydrogen-bond donors (Lipinski definition) is 0. The van der Waals surface area contributed by atoms with E-state index in [1.165, 1.54) is 7.11 Å². The number of carbonyl (C=O) groups excluding carboxylic acids is 2. The summed E-state index contributed by atoms with van der Waals surface area (Å²) in [6.45, 7) is 0. The van der Waals surface area contributed by atoms with Crippen LogP contribution < -0.4 is 0 Å². The smallest absolute Gasteiger partial charge is 0.313 e. The zero-order valence-corrected chi connectivity index (χ0v) is 7.97. The molecule has 0 radical (unpaired) electrons. The third-order valence-electron chi connectivity index (χ3n) is 2.02. The number of esters is 1. The van der Waals surface area contributed by atoms with E-state index in [2.05, 4.69) is 4.74 Å². The van der Waals surface area contributed by atoms with Crippen LogP contribution in [0.25, 0.3) is 0 Å². The quantitative estimate of drug-likeness (QED) is 0.536. The van der Waals surface area contributed by atoms with Crippen molar-refractivity contribution in [3.8, 4) is 0 Å². The van der Waals surface area contributed by atoms with Crippen LogP contribution in [0.4, 0.5) is 0 Å². The second-order valence-corrected chi connectivity index (χ2v) is 2.89. The molecule has 0 bridgehead atoms. The summed E-state index contributed by atoms with van der Waals surface area (Å²) in [7, 11) is 1.32. The molecule has 0 saturated carbocycles. The molecule has 0 amide bonds. The number of hydrogen-bond acceptors (Lipinski definition) is 3. The molecule has 0 fully saturated rings. The van der Waals surface area contributed by atoms with Gasteiger partial charge in [0.2, 0.25) is 0 Å². The molecule has 1 rings (SSSR count). The first-order chi connectivity index (χ1) is 6.79. The Morgan fingerprint density at radius 1 is 1.43 bits per heavy atom. The molecule has 0 heterocycles. The molecule has 0 aliphatic carbocycles. The highest BCUT2D eigenvalue weighted by atomic mass is 16.5. The van der Waals surface area contributed by atoms with Gasteiger partial charge in [-0.3, -0.25) is 4.79 Å². The number of carbonyl (C=O) groups is 2. The number of methoxy groups -OCH3 is 1. The minimum atomic E-state index is -0.473. The van der Waals surface area contributed by atoms with Gasteiger partial charge < -0.3 is 9.53 Å².